The topological polar surface area (TPSA) is 41.6 Å². The number of rotatable bonds is 6. The molecule has 1 aliphatic rings. The highest BCUT2D eigenvalue weighted by atomic mass is 16.5. The van der Waals surface area contributed by atoms with Gasteiger partial charge >= 0.3 is 0 Å². The molecular weight excluding hydrogens is 324 g/mol. The minimum atomic E-state index is -0.0568. The van der Waals surface area contributed by atoms with Crippen LogP contribution in [0.2, 0.25) is 0 Å². The first-order valence-electron chi connectivity index (χ1n) is 9.46. The van der Waals surface area contributed by atoms with Gasteiger partial charge in [0, 0.05) is 30.9 Å². The van der Waals surface area contributed by atoms with Crippen LogP contribution in [0.1, 0.15) is 47.7 Å². The molecule has 1 fully saturated rings. The van der Waals surface area contributed by atoms with Gasteiger partial charge in [0.15, 0.2) is 0 Å². The zero-order valence-corrected chi connectivity index (χ0v) is 15.7. The van der Waals surface area contributed by atoms with Crippen molar-refractivity contribution >= 4 is 11.6 Å². The zero-order valence-electron chi connectivity index (χ0n) is 15.7. The van der Waals surface area contributed by atoms with E-state index in [1.807, 2.05) is 42.5 Å². The highest BCUT2D eigenvalue weighted by molar-refractivity contribution is 6.04. The first kappa shape index (κ1) is 18.6. The molecule has 3 rings (SSSR count). The van der Waals surface area contributed by atoms with Crippen molar-refractivity contribution in [1.29, 1.82) is 0 Å². The Morgan fingerprint density at radius 2 is 1.81 bits per heavy atom. The molecule has 0 aliphatic carbocycles. The summed E-state index contributed by atoms with van der Waals surface area (Å²) in [5.74, 6) is 0.362. The molecule has 26 heavy (non-hydrogen) atoms. The van der Waals surface area contributed by atoms with E-state index in [-0.39, 0.29) is 5.91 Å². The quantitative estimate of drug-likeness (QED) is 0.843. The summed E-state index contributed by atoms with van der Waals surface area (Å²) in [7, 11) is 0. The lowest BCUT2D eigenvalue weighted by atomic mass is 9.96. The first-order chi connectivity index (χ1) is 12.7. The number of morpholine rings is 1. The van der Waals surface area contributed by atoms with E-state index < -0.39 is 0 Å². The van der Waals surface area contributed by atoms with Gasteiger partial charge in [-0.2, -0.15) is 0 Å². The molecule has 2 aromatic carbocycles. The molecule has 4 heteroatoms. The van der Waals surface area contributed by atoms with Gasteiger partial charge in [0.2, 0.25) is 0 Å². The maximum atomic E-state index is 12.6. The molecule has 0 radical (unpaired) electrons. The Balaban J connectivity index is 1.65. The number of hydrogen-bond donors (Lipinski definition) is 1. The Morgan fingerprint density at radius 3 is 2.50 bits per heavy atom. The van der Waals surface area contributed by atoms with Crippen LogP contribution in [-0.4, -0.2) is 37.1 Å². The second-order valence-corrected chi connectivity index (χ2v) is 6.94. The number of ether oxygens (including phenoxy) is 1. The molecule has 1 N–H and O–H groups in total. The number of carbonyl (C=O) groups is 1. The fourth-order valence-electron chi connectivity index (χ4n) is 3.23. The van der Waals surface area contributed by atoms with Crippen LogP contribution in [0.15, 0.2) is 48.5 Å². The van der Waals surface area contributed by atoms with Gasteiger partial charge in [-0.05, 0) is 41.7 Å². The van der Waals surface area contributed by atoms with Crippen LogP contribution in [0.3, 0.4) is 0 Å². The van der Waals surface area contributed by atoms with E-state index in [4.69, 9.17) is 4.74 Å². The molecule has 0 unspecified atom stereocenters. The van der Waals surface area contributed by atoms with E-state index in [0.717, 1.165) is 45.0 Å². The largest absolute Gasteiger partial charge is 0.379 e. The van der Waals surface area contributed by atoms with Crippen molar-refractivity contribution < 1.29 is 9.53 Å². The Labute approximate surface area is 156 Å². The average molecular weight is 352 g/mol. The van der Waals surface area contributed by atoms with E-state index in [1.54, 1.807) is 0 Å². The van der Waals surface area contributed by atoms with Gasteiger partial charge in [-0.3, -0.25) is 9.69 Å². The van der Waals surface area contributed by atoms with E-state index in [9.17, 15) is 4.79 Å². The van der Waals surface area contributed by atoms with Crippen LogP contribution in [0, 0.1) is 0 Å². The summed E-state index contributed by atoms with van der Waals surface area (Å²) in [5.41, 5.74) is 4.01. The first-order valence-corrected chi connectivity index (χ1v) is 9.46. The smallest absolute Gasteiger partial charge is 0.255 e. The highest BCUT2D eigenvalue weighted by Gasteiger charge is 2.13. The van der Waals surface area contributed by atoms with Gasteiger partial charge in [-0.1, -0.05) is 44.2 Å². The number of hydrogen-bond acceptors (Lipinski definition) is 3. The van der Waals surface area contributed by atoms with Gasteiger partial charge in [0.05, 0.1) is 13.2 Å². The summed E-state index contributed by atoms with van der Waals surface area (Å²) in [6.45, 7) is 8.79. The fourth-order valence-corrected chi connectivity index (χ4v) is 3.23. The molecule has 4 nitrogen and oxygen atoms in total. The van der Waals surface area contributed by atoms with E-state index in [1.165, 1.54) is 11.1 Å². The van der Waals surface area contributed by atoms with Crippen molar-refractivity contribution in [3.63, 3.8) is 0 Å². The SMILES string of the molecule is CC[C@H](C)c1ccccc1NC(=O)c1ccc(CN2CCOCC2)cc1. The molecule has 1 aliphatic heterocycles. The third kappa shape index (κ3) is 4.71. The molecule has 2 aromatic rings. The lowest BCUT2D eigenvalue weighted by Gasteiger charge is -2.26. The lowest BCUT2D eigenvalue weighted by Crippen LogP contribution is -2.35. The fraction of sp³-hybridized carbons (Fsp3) is 0.409. The van der Waals surface area contributed by atoms with Crippen molar-refractivity contribution in [3.8, 4) is 0 Å². The molecule has 1 heterocycles. The molecule has 138 valence electrons. The molecule has 0 aromatic heterocycles. The summed E-state index contributed by atoms with van der Waals surface area (Å²) in [5, 5.41) is 3.08. The van der Waals surface area contributed by atoms with Gasteiger partial charge in [-0.15, -0.1) is 0 Å². The number of anilines is 1. The standard InChI is InChI=1S/C22H28N2O2/c1-3-17(2)20-6-4-5-7-21(20)23-22(25)19-10-8-18(9-11-19)16-24-12-14-26-15-13-24/h4-11,17H,3,12-16H2,1-2H3,(H,23,25)/t17-/m0/s1. The molecule has 0 bridgehead atoms. The Kier molecular flexibility index (Phi) is 6.42. The third-order valence-electron chi connectivity index (χ3n) is 5.08. The Morgan fingerprint density at radius 1 is 1.12 bits per heavy atom. The van der Waals surface area contributed by atoms with Crippen LogP contribution in [-0.2, 0) is 11.3 Å². The van der Waals surface area contributed by atoms with Crippen molar-refractivity contribution in [2.75, 3.05) is 31.6 Å². The number of nitrogens with zero attached hydrogens (tertiary/aromatic N) is 1. The van der Waals surface area contributed by atoms with Crippen molar-refractivity contribution in [3.05, 3.63) is 65.2 Å². The van der Waals surface area contributed by atoms with Gasteiger partial charge < -0.3 is 10.1 Å². The summed E-state index contributed by atoms with van der Waals surface area (Å²) < 4.78 is 5.38. The number of benzene rings is 2. The van der Waals surface area contributed by atoms with Gasteiger partial charge in [0.1, 0.15) is 0 Å². The van der Waals surface area contributed by atoms with E-state index >= 15 is 0 Å². The predicted molar refractivity (Wildman–Crippen MR) is 106 cm³/mol. The molecule has 1 atom stereocenters. The molecule has 0 saturated carbocycles. The summed E-state index contributed by atoms with van der Waals surface area (Å²) in [4.78, 5) is 15.0. The lowest BCUT2D eigenvalue weighted by molar-refractivity contribution is 0.0342. The number of amides is 1. The molecular formula is C22H28N2O2. The highest BCUT2D eigenvalue weighted by Crippen LogP contribution is 2.26. The Bertz CT molecular complexity index is 721. The summed E-state index contributed by atoms with van der Waals surface area (Å²) in [6, 6.07) is 16.0. The van der Waals surface area contributed by atoms with Crippen molar-refractivity contribution in [2.45, 2.75) is 32.7 Å². The number of carbonyl (C=O) groups excluding carboxylic acids is 1. The zero-order chi connectivity index (χ0) is 18.4. The maximum absolute atomic E-state index is 12.6. The minimum absolute atomic E-state index is 0.0568. The van der Waals surface area contributed by atoms with Crippen LogP contribution < -0.4 is 5.32 Å². The summed E-state index contributed by atoms with van der Waals surface area (Å²) in [6.07, 6.45) is 1.04. The number of nitrogens with one attached hydrogen (secondary N) is 1. The maximum Gasteiger partial charge on any atom is 0.255 e. The number of para-hydroxylation sites is 1. The second-order valence-electron chi connectivity index (χ2n) is 6.94. The Hall–Kier alpha value is -2.17. The van der Waals surface area contributed by atoms with Crippen LogP contribution >= 0.6 is 0 Å². The molecule has 0 spiro atoms. The predicted octanol–water partition coefficient (Wildman–Crippen LogP) is 4.28. The van der Waals surface area contributed by atoms with E-state index in [0.29, 0.717) is 11.5 Å². The van der Waals surface area contributed by atoms with Gasteiger partial charge in [-0.25, -0.2) is 0 Å². The molecule has 1 amide bonds. The van der Waals surface area contributed by atoms with Crippen molar-refractivity contribution in [2.24, 2.45) is 0 Å². The van der Waals surface area contributed by atoms with Crippen LogP contribution in [0.25, 0.3) is 0 Å². The van der Waals surface area contributed by atoms with Crippen LogP contribution in [0.4, 0.5) is 5.69 Å². The third-order valence-corrected chi connectivity index (χ3v) is 5.08. The van der Waals surface area contributed by atoms with Crippen LogP contribution in [0.5, 0.6) is 0 Å². The summed E-state index contributed by atoms with van der Waals surface area (Å²) >= 11 is 0. The average Bonchev–Trinajstić information content (AvgIpc) is 2.69. The minimum Gasteiger partial charge on any atom is -0.379 e. The van der Waals surface area contributed by atoms with Gasteiger partial charge in [0.25, 0.3) is 5.91 Å². The monoisotopic (exact) mass is 352 g/mol. The normalized spacial score (nSPS) is 16.2. The van der Waals surface area contributed by atoms with E-state index in [2.05, 4.69) is 30.1 Å². The second kappa shape index (κ2) is 8.97. The molecule has 1 saturated heterocycles. The van der Waals surface area contributed by atoms with Crippen molar-refractivity contribution in [1.82, 2.24) is 4.90 Å².